The Bertz CT molecular complexity index is 1110. The van der Waals surface area contributed by atoms with E-state index in [2.05, 4.69) is 4.98 Å². The number of ether oxygens (including phenoxy) is 2. The number of halogens is 3. The summed E-state index contributed by atoms with van der Waals surface area (Å²) in [5.74, 6) is 1.38. The first-order chi connectivity index (χ1) is 16.7. The quantitative estimate of drug-likeness (QED) is 0.223. The molecule has 0 spiro atoms. The van der Waals surface area contributed by atoms with Crippen LogP contribution in [0.15, 0.2) is 54.7 Å². The molecular formula is C27H31F3N2O3. The summed E-state index contributed by atoms with van der Waals surface area (Å²) in [5.41, 5.74) is 1.76. The van der Waals surface area contributed by atoms with Gasteiger partial charge in [0, 0.05) is 29.4 Å². The highest BCUT2D eigenvalue weighted by Crippen LogP contribution is 2.31. The molecule has 0 aliphatic rings. The molecule has 1 heterocycles. The van der Waals surface area contributed by atoms with E-state index in [9.17, 15) is 18.0 Å². The molecule has 0 fully saturated rings. The number of carbonyl (C=O) groups excluding carboxylic acids is 1. The second kappa shape index (κ2) is 11.9. The van der Waals surface area contributed by atoms with E-state index in [1.807, 2.05) is 42.7 Å². The Labute approximate surface area is 203 Å². The first kappa shape index (κ1) is 26.3. The van der Waals surface area contributed by atoms with Crippen LogP contribution < -0.4 is 4.74 Å². The first-order valence-electron chi connectivity index (χ1n) is 11.7. The van der Waals surface area contributed by atoms with Gasteiger partial charge in [0.25, 0.3) is 0 Å². The number of rotatable bonds is 11. The Morgan fingerprint density at radius 3 is 2.51 bits per heavy atom. The SMILES string of the molecule is CCOC(=O)C[C@H](C)CCCOc1ccccc1Cn1c(C)cnc1-c1ccc(C(F)(F)F)cc1. The monoisotopic (exact) mass is 488 g/mol. The molecular weight excluding hydrogens is 457 g/mol. The van der Waals surface area contributed by atoms with E-state index in [-0.39, 0.29) is 11.9 Å². The van der Waals surface area contributed by atoms with Crippen LogP contribution in [-0.4, -0.2) is 28.7 Å². The van der Waals surface area contributed by atoms with Gasteiger partial charge in [-0.15, -0.1) is 0 Å². The Balaban J connectivity index is 1.66. The number of alkyl halides is 3. The molecule has 0 radical (unpaired) electrons. The zero-order valence-electron chi connectivity index (χ0n) is 20.3. The van der Waals surface area contributed by atoms with Gasteiger partial charge < -0.3 is 14.0 Å². The van der Waals surface area contributed by atoms with Crippen LogP contribution in [0.3, 0.4) is 0 Å². The highest BCUT2D eigenvalue weighted by Gasteiger charge is 2.30. The molecule has 1 atom stereocenters. The summed E-state index contributed by atoms with van der Waals surface area (Å²) in [6.07, 6.45) is -0.620. The van der Waals surface area contributed by atoms with E-state index < -0.39 is 11.7 Å². The van der Waals surface area contributed by atoms with Crippen molar-refractivity contribution in [1.82, 2.24) is 9.55 Å². The van der Waals surface area contributed by atoms with Crippen LogP contribution in [0.5, 0.6) is 5.75 Å². The molecule has 3 aromatic rings. The molecule has 0 N–H and O–H groups in total. The van der Waals surface area contributed by atoms with E-state index in [1.54, 1.807) is 13.1 Å². The molecule has 1 aromatic heterocycles. The second-order valence-electron chi connectivity index (χ2n) is 8.60. The number of nitrogens with zero attached hydrogens (tertiary/aromatic N) is 2. The minimum absolute atomic E-state index is 0.175. The summed E-state index contributed by atoms with van der Waals surface area (Å²) in [5, 5.41) is 0. The number of para-hydroxylation sites is 1. The molecule has 0 unspecified atom stereocenters. The molecule has 35 heavy (non-hydrogen) atoms. The van der Waals surface area contributed by atoms with Gasteiger partial charge in [-0.25, -0.2) is 4.98 Å². The number of aryl methyl sites for hydroxylation is 1. The van der Waals surface area contributed by atoms with Gasteiger partial charge in [-0.05, 0) is 50.8 Å². The number of carbonyl (C=O) groups is 1. The number of hydrogen-bond acceptors (Lipinski definition) is 4. The zero-order valence-corrected chi connectivity index (χ0v) is 20.3. The summed E-state index contributed by atoms with van der Waals surface area (Å²) < 4.78 is 51.8. The second-order valence-corrected chi connectivity index (χ2v) is 8.60. The largest absolute Gasteiger partial charge is 0.493 e. The van der Waals surface area contributed by atoms with Crippen molar-refractivity contribution in [3.63, 3.8) is 0 Å². The highest BCUT2D eigenvalue weighted by atomic mass is 19.4. The Morgan fingerprint density at radius 1 is 1.11 bits per heavy atom. The highest BCUT2D eigenvalue weighted by molar-refractivity contribution is 5.69. The predicted octanol–water partition coefficient (Wildman–Crippen LogP) is 6.67. The van der Waals surface area contributed by atoms with E-state index in [1.165, 1.54) is 12.1 Å². The number of benzene rings is 2. The van der Waals surface area contributed by atoms with E-state index in [0.29, 0.717) is 37.6 Å². The number of hydrogen-bond donors (Lipinski definition) is 0. The van der Waals surface area contributed by atoms with E-state index >= 15 is 0 Å². The van der Waals surface area contributed by atoms with Crippen molar-refractivity contribution >= 4 is 5.97 Å². The standard InChI is InChI=1S/C27H31F3N2O3/c1-4-34-25(33)16-19(2)8-7-15-35-24-10-6-5-9-22(24)18-32-20(3)17-31-26(32)21-11-13-23(14-12-21)27(28,29)30/h5-6,9-14,17,19H,4,7-8,15-16,18H2,1-3H3/t19-/m1/s1. The topological polar surface area (TPSA) is 53.4 Å². The van der Waals surface area contributed by atoms with Crippen LogP contribution in [0.2, 0.25) is 0 Å². The molecule has 0 aliphatic carbocycles. The number of imidazole rings is 1. The third-order valence-corrected chi connectivity index (χ3v) is 5.75. The lowest BCUT2D eigenvalue weighted by molar-refractivity contribution is -0.144. The molecule has 188 valence electrons. The normalized spacial score (nSPS) is 12.4. The fraction of sp³-hybridized carbons (Fsp3) is 0.407. The van der Waals surface area contributed by atoms with Crippen LogP contribution in [0.25, 0.3) is 11.4 Å². The summed E-state index contributed by atoms with van der Waals surface area (Å²) in [4.78, 5) is 16.0. The maximum absolute atomic E-state index is 12.9. The van der Waals surface area contributed by atoms with Crippen molar-refractivity contribution in [3.8, 4) is 17.1 Å². The maximum atomic E-state index is 12.9. The summed E-state index contributed by atoms with van der Waals surface area (Å²) in [6.45, 7) is 7.11. The Morgan fingerprint density at radius 2 is 1.83 bits per heavy atom. The molecule has 3 rings (SSSR count). The van der Waals surface area contributed by atoms with Crippen molar-refractivity contribution in [3.05, 3.63) is 71.5 Å². The lowest BCUT2D eigenvalue weighted by Gasteiger charge is -2.16. The average Bonchev–Trinajstić information content (AvgIpc) is 3.17. The van der Waals surface area contributed by atoms with Crippen LogP contribution in [-0.2, 0) is 22.3 Å². The molecule has 5 nitrogen and oxygen atoms in total. The lowest BCUT2D eigenvalue weighted by atomic mass is 10.0. The third kappa shape index (κ3) is 7.34. The van der Waals surface area contributed by atoms with Crippen LogP contribution in [0.1, 0.15) is 49.9 Å². The van der Waals surface area contributed by atoms with Crippen LogP contribution in [0, 0.1) is 12.8 Å². The van der Waals surface area contributed by atoms with Gasteiger partial charge in [0.05, 0.1) is 25.3 Å². The Hall–Kier alpha value is -3.29. The average molecular weight is 489 g/mol. The van der Waals surface area contributed by atoms with E-state index in [0.717, 1.165) is 42.0 Å². The number of aromatic nitrogens is 2. The molecule has 0 amide bonds. The lowest BCUT2D eigenvalue weighted by Crippen LogP contribution is -2.11. The summed E-state index contributed by atoms with van der Waals surface area (Å²) in [6, 6.07) is 12.7. The van der Waals surface area contributed by atoms with Crippen molar-refractivity contribution in [2.75, 3.05) is 13.2 Å². The molecule has 2 aromatic carbocycles. The fourth-order valence-electron chi connectivity index (χ4n) is 3.87. The fourth-order valence-corrected chi connectivity index (χ4v) is 3.87. The third-order valence-electron chi connectivity index (χ3n) is 5.75. The van der Waals surface area contributed by atoms with Gasteiger partial charge in [-0.2, -0.15) is 13.2 Å². The van der Waals surface area contributed by atoms with E-state index in [4.69, 9.17) is 9.47 Å². The van der Waals surface area contributed by atoms with Gasteiger partial charge in [0.2, 0.25) is 0 Å². The minimum Gasteiger partial charge on any atom is -0.493 e. The van der Waals surface area contributed by atoms with Crippen LogP contribution in [0.4, 0.5) is 13.2 Å². The van der Waals surface area contributed by atoms with Crippen molar-refractivity contribution in [1.29, 1.82) is 0 Å². The summed E-state index contributed by atoms with van der Waals surface area (Å²) >= 11 is 0. The minimum atomic E-state index is -4.38. The molecule has 0 bridgehead atoms. The van der Waals surface area contributed by atoms with Gasteiger partial charge in [-0.3, -0.25) is 4.79 Å². The molecule has 8 heteroatoms. The maximum Gasteiger partial charge on any atom is 0.416 e. The van der Waals surface area contributed by atoms with Gasteiger partial charge >= 0.3 is 12.1 Å². The zero-order chi connectivity index (χ0) is 25.4. The predicted molar refractivity (Wildman–Crippen MR) is 128 cm³/mol. The first-order valence-corrected chi connectivity index (χ1v) is 11.7. The Kier molecular flexibility index (Phi) is 8.95. The molecule has 0 saturated carbocycles. The van der Waals surface area contributed by atoms with Crippen molar-refractivity contribution < 1.29 is 27.4 Å². The van der Waals surface area contributed by atoms with Gasteiger partial charge in [0.15, 0.2) is 0 Å². The van der Waals surface area contributed by atoms with Crippen molar-refractivity contribution in [2.45, 2.75) is 52.8 Å². The van der Waals surface area contributed by atoms with Gasteiger partial charge in [0.1, 0.15) is 11.6 Å². The van der Waals surface area contributed by atoms with Crippen LogP contribution >= 0.6 is 0 Å². The van der Waals surface area contributed by atoms with Crippen molar-refractivity contribution in [2.24, 2.45) is 5.92 Å². The number of esters is 1. The summed E-state index contributed by atoms with van der Waals surface area (Å²) in [7, 11) is 0. The molecule has 0 saturated heterocycles. The smallest absolute Gasteiger partial charge is 0.416 e. The molecule has 0 aliphatic heterocycles. The van der Waals surface area contributed by atoms with Gasteiger partial charge in [-0.1, -0.05) is 37.3 Å².